The zero-order chi connectivity index (χ0) is 19.3. The minimum Gasteiger partial charge on any atom is -0.384 e. The molecule has 0 aliphatic carbocycles. The third-order valence-electron chi connectivity index (χ3n) is 5.65. The van der Waals surface area contributed by atoms with Gasteiger partial charge in [-0.1, -0.05) is 0 Å². The third-order valence-corrected chi connectivity index (χ3v) is 5.65. The highest BCUT2D eigenvalue weighted by atomic mass is 16.1. The van der Waals surface area contributed by atoms with E-state index >= 15 is 0 Å². The second kappa shape index (κ2) is 6.40. The van der Waals surface area contributed by atoms with Crippen molar-refractivity contribution in [3.8, 4) is 11.3 Å². The predicted octanol–water partition coefficient (Wildman–Crippen LogP) is 1.61. The summed E-state index contributed by atoms with van der Waals surface area (Å²) in [6.07, 6.45) is 4.12. The second-order valence-electron chi connectivity index (χ2n) is 7.67. The van der Waals surface area contributed by atoms with E-state index in [-0.39, 0.29) is 11.5 Å². The molecule has 3 aromatic rings. The fourth-order valence-electron chi connectivity index (χ4n) is 4.44. The van der Waals surface area contributed by atoms with Gasteiger partial charge in [0.05, 0.1) is 5.69 Å². The Balaban J connectivity index is 1.54. The Morgan fingerprint density at radius 2 is 1.86 bits per heavy atom. The maximum Gasteiger partial charge on any atom is 0.251 e. The van der Waals surface area contributed by atoms with Crippen molar-refractivity contribution in [1.82, 2.24) is 24.5 Å². The van der Waals surface area contributed by atoms with Crippen molar-refractivity contribution < 1.29 is 0 Å². The van der Waals surface area contributed by atoms with E-state index in [4.69, 9.17) is 5.73 Å². The van der Waals surface area contributed by atoms with E-state index < -0.39 is 0 Å². The molecule has 1 saturated heterocycles. The van der Waals surface area contributed by atoms with Gasteiger partial charge >= 0.3 is 0 Å². The van der Waals surface area contributed by atoms with Crippen LogP contribution in [0, 0.1) is 12.8 Å². The molecular formula is C20H21N7O. The molecule has 3 aromatic heterocycles. The highest BCUT2D eigenvalue weighted by Crippen LogP contribution is 2.37. The summed E-state index contributed by atoms with van der Waals surface area (Å²) in [7, 11) is 0. The van der Waals surface area contributed by atoms with Crippen molar-refractivity contribution in [2.24, 2.45) is 5.92 Å². The predicted molar refractivity (Wildman–Crippen MR) is 106 cm³/mol. The Hall–Kier alpha value is -3.29. The maximum atomic E-state index is 12.8. The Kier molecular flexibility index (Phi) is 3.85. The van der Waals surface area contributed by atoms with Gasteiger partial charge in [0.1, 0.15) is 24.3 Å². The van der Waals surface area contributed by atoms with Crippen LogP contribution in [0.4, 0.5) is 11.6 Å². The number of piperidine rings is 1. The highest BCUT2D eigenvalue weighted by Gasteiger charge is 2.35. The normalized spacial score (nSPS) is 20.7. The third kappa shape index (κ3) is 2.90. The molecule has 0 saturated carbocycles. The molecule has 5 rings (SSSR count). The van der Waals surface area contributed by atoms with Gasteiger partial charge in [-0.3, -0.25) is 4.79 Å². The topological polar surface area (TPSA) is 103 Å². The molecule has 2 N–H and O–H groups in total. The van der Waals surface area contributed by atoms with Crippen molar-refractivity contribution >= 4 is 11.6 Å². The van der Waals surface area contributed by atoms with Gasteiger partial charge in [0.25, 0.3) is 5.56 Å². The fourth-order valence-corrected chi connectivity index (χ4v) is 4.44. The van der Waals surface area contributed by atoms with Crippen LogP contribution >= 0.6 is 0 Å². The van der Waals surface area contributed by atoms with Crippen LogP contribution in [0.15, 0.2) is 41.7 Å². The quantitative estimate of drug-likeness (QED) is 0.726. The number of nitrogens with zero attached hydrogens (tertiary/aromatic N) is 6. The zero-order valence-corrected chi connectivity index (χ0v) is 15.6. The number of hydrogen-bond donors (Lipinski definition) is 1. The molecule has 2 atom stereocenters. The van der Waals surface area contributed by atoms with Gasteiger partial charge in [0, 0.05) is 60.7 Å². The lowest BCUT2D eigenvalue weighted by atomic mass is 9.82. The Morgan fingerprint density at radius 1 is 1.00 bits per heavy atom. The molecule has 8 heteroatoms. The number of fused-ring (bicyclic) bond motifs is 4. The molecule has 0 aromatic carbocycles. The summed E-state index contributed by atoms with van der Waals surface area (Å²) in [6.45, 7) is 4.45. The molecule has 2 bridgehead atoms. The average molecular weight is 375 g/mol. The first kappa shape index (κ1) is 16.9. The Morgan fingerprint density at radius 3 is 2.68 bits per heavy atom. The number of hydrogen-bond acceptors (Lipinski definition) is 7. The maximum absolute atomic E-state index is 12.8. The Labute approximate surface area is 162 Å². The van der Waals surface area contributed by atoms with Crippen LogP contribution < -0.4 is 16.2 Å². The summed E-state index contributed by atoms with van der Waals surface area (Å²) >= 11 is 0. The van der Waals surface area contributed by atoms with Gasteiger partial charge in [-0.15, -0.1) is 0 Å². The van der Waals surface area contributed by atoms with Crippen LogP contribution in [-0.4, -0.2) is 37.6 Å². The molecule has 5 heterocycles. The van der Waals surface area contributed by atoms with Crippen molar-refractivity contribution in [3.05, 3.63) is 58.7 Å². The molecule has 142 valence electrons. The molecule has 2 aliphatic rings. The monoisotopic (exact) mass is 375 g/mol. The summed E-state index contributed by atoms with van der Waals surface area (Å²) < 4.78 is 1.93. The summed E-state index contributed by atoms with van der Waals surface area (Å²) in [6, 6.07) is 7.46. The van der Waals surface area contributed by atoms with Crippen LogP contribution in [-0.2, 0) is 6.54 Å². The van der Waals surface area contributed by atoms with Crippen LogP contribution in [0.1, 0.15) is 23.7 Å². The lowest BCUT2D eigenvalue weighted by Gasteiger charge is -2.43. The van der Waals surface area contributed by atoms with E-state index in [1.165, 1.54) is 6.33 Å². The van der Waals surface area contributed by atoms with Crippen molar-refractivity contribution in [1.29, 1.82) is 0 Å². The first-order valence-corrected chi connectivity index (χ1v) is 9.43. The van der Waals surface area contributed by atoms with Crippen LogP contribution in [0.5, 0.6) is 0 Å². The molecule has 0 spiro atoms. The molecule has 28 heavy (non-hydrogen) atoms. The lowest BCUT2D eigenvalue weighted by Crippen LogP contribution is -2.47. The van der Waals surface area contributed by atoms with E-state index in [1.807, 2.05) is 17.6 Å². The average Bonchev–Trinajstić information content (AvgIpc) is 2.68. The second-order valence-corrected chi connectivity index (χ2v) is 7.67. The number of rotatable bonds is 2. The smallest absolute Gasteiger partial charge is 0.251 e. The molecule has 0 amide bonds. The van der Waals surface area contributed by atoms with Gasteiger partial charge in [-0.25, -0.2) is 19.9 Å². The number of nitrogen functional groups attached to an aromatic ring is 1. The Bertz CT molecular complexity index is 1110. The number of aromatic nitrogens is 5. The summed E-state index contributed by atoms with van der Waals surface area (Å²) in [5, 5.41) is 0. The van der Waals surface area contributed by atoms with Crippen molar-refractivity contribution in [2.45, 2.75) is 25.8 Å². The molecule has 8 nitrogen and oxygen atoms in total. The SMILES string of the molecule is Cc1cc(N2C[C@@H]3C[C@H](C2)c2cc(-c4cc(N)ncn4)cc(=O)n2C3)ncn1. The summed E-state index contributed by atoms with van der Waals surface area (Å²) in [5.41, 5.74) is 9.30. The van der Waals surface area contributed by atoms with Gasteiger partial charge < -0.3 is 15.2 Å². The zero-order valence-electron chi connectivity index (χ0n) is 15.6. The van der Waals surface area contributed by atoms with E-state index in [2.05, 4.69) is 30.9 Å². The van der Waals surface area contributed by atoms with Gasteiger partial charge in [-0.2, -0.15) is 0 Å². The van der Waals surface area contributed by atoms with E-state index in [1.54, 1.807) is 18.5 Å². The number of anilines is 2. The van der Waals surface area contributed by atoms with Gasteiger partial charge in [0.15, 0.2) is 0 Å². The first-order valence-electron chi connectivity index (χ1n) is 9.43. The van der Waals surface area contributed by atoms with Crippen LogP contribution in [0.3, 0.4) is 0 Å². The van der Waals surface area contributed by atoms with Gasteiger partial charge in [-0.05, 0) is 25.3 Å². The van der Waals surface area contributed by atoms with E-state index in [9.17, 15) is 4.79 Å². The molecule has 2 aliphatic heterocycles. The fraction of sp³-hybridized carbons (Fsp3) is 0.350. The van der Waals surface area contributed by atoms with Crippen LogP contribution in [0.25, 0.3) is 11.3 Å². The highest BCUT2D eigenvalue weighted by molar-refractivity contribution is 5.62. The minimum absolute atomic E-state index is 0.0192. The van der Waals surface area contributed by atoms with Crippen molar-refractivity contribution in [2.75, 3.05) is 23.7 Å². The summed E-state index contributed by atoms with van der Waals surface area (Å²) in [5.74, 6) is 2.05. The molecular weight excluding hydrogens is 354 g/mol. The van der Waals surface area contributed by atoms with Gasteiger partial charge in [0.2, 0.25) is 0 Å². The summed E-state index contributed by atoms with van der Waals surface area (Å²) in [4.78, 5) is 32.0. The number of pyridine rings is 1. The van der Waals surface area contributed by atoms with Crippen LogP contribution in [0.2, 0.25) is 0 Å². The van der Waals surface area contributed by atoms with Crippen molar-refractivity contribution in [3.63, 3.8) is 0 Å². The first-order chi connectivity index (χ1) is 13.6. The number of nitrogens with two attached hydrogens (primary N) is 1. The van der Waals surface area contributed by atoms with E-state index in [0.717, 1.165) is 48.8 Å². The largest absolute Gasteiger partial charge is 0.384 e. The molecule has 1 fully saturated rings. The molecule has 0 radical (unpaired) electrons. The minimum atomic E-state index is 0.0192. The van der Waals surface area contributed by atoms with E-state index in [0.29, 0.717) is 17.4 Å². The molecule has 0 unspecified atom stereocenters. The number of aryl methyl sites for hydroxylation is 1. The lowest BCUT2D eigenvalue weighted by molar-refractivity contribution is 0.280. The standard InChI is InChI=1S/C20H21N7O/c1-12-2-19(25-10-22-12)26-7-13-3-15(9-26)17-4-14(5-20(28)27(17)8-13)16-6-18(21)24-11-23-16/h2,4-6,10-11,13,15H,3,7-9H2,1H3,(H2,21,23,24)/t13-,15+/m0/s1.